The van der Waals surface area contributed by atoms with E-state index in [0.29, 0.717) is 6.54 Å². The van der Waals surface area contributed by atoms with Crippen molar-refractivity contribution >= 4 is 11.7 Å². The van der Waals surface area contributed by atoms with Crippen LogP contribution in [0.15, 0.2) is 24.4 Å². The molecule has 0 aliphatic carbocycles. The monoisotopic (exact) mass is 288 g/mol. The zero-order valence-corrected chi connectivity index (χ0v) is 12.5. The average molecular weight is 288 g/mol. The van der Waals surface area contributed by atoms with Crippen molar-refractivity contribution in [3.8, 4) is 0 Å². The quantitative estimate of drug-likeness (QED) is 0.906. The van der Waals surface area contributed by atoms with Gasteiger partial charge in [0, 0.05) is 25.3 Å². The van der Waals surface area contributed by atoms with Gasteiger partial charge in [0.2, 0.25) is 5.91 Å². The lowest BCUT2D eigenvalue weighted by atomic mass is 10.1. The Morgan fingerprint density at radius 2 is 2.10 bits per heavy atom. The Hall–Kier alpha value is -1.62. The maximum Gasteiger partial charge on any atom is 0.234 e. The molecule has 0 spiro atoms. The summed E-state index contributed by atoms with van der Waals surface area (Å²) in [5.74, 6) is 1.18. The Bertz CT molecular complexity index is 459. The van der Waals surface area contributed by atoms with Crippen molar-refractivity contribution in [1.82, 2.24) is 15.2 Å². The number of hydrogen-bond acceptors (Lipinski definition) is 4. The number of amides is 1. The Balaban J connectivity index is 1.50. The van der Waals surface area contributed by atoms with Crippen LogP contribution in [0.25, 0.3) is 0 Å². The maximum atomic E-state index is 12.1. The second-order valence-corrected chi connectivity index (χ2v) is 6.02. The van der Waals surface area contributed by atoms with Crippen molar-refractivity contribution in [1.29, 1.82) is 0 Å². The summed E-state index contributed by atoms with van der Waals surface area (Å²) in [5, 5.41) is 3.20. The molecule has 2 aliphatic heterocycles. The number of anilines is 1. The molecule has 0 aromatic carbocycles. The van der Waals surface area contributed by atoms with Gasteiger partial charge < -0.3 is 10.2 Å². The van der Waals surface area contributed by atoms with Crippen molar-refractivity contribution < 1.29 is 4.79 Å². The Kier molecular flexibility index (Phi) is 4.70. The van der Waals surface area contributed by atoms with Crippen LogP contribution in [0.4, 0.5) is 5.82 Å². The maximum absolute atomic E-state index is 12.1. The van der Waals surface area contributed by atoms with Crippen LogP contribution in [0.5, 0.6) is 0 Å². The van der Waals surface area contributed by atoms with E-state index in [4.69, 9.17) is 0 Å². The summed E-state index contributed by atoms with van der Waals surface area (Å²) in [6.45, 7) is 4.58. The fourth-order valence-corrected chi connectivity index (χ4v) is 3.26. The van der Waals surface area contributed by atoms with Gasteiger partial charge in [0.1, 0.15) is 5.82 Å². The molecule has 114 valence electrons. The third kappa shape index (κ3) is 3.94. The molecule has 21 heavy (non-hydrogen) atoms. The number of rotatable bonds is 4. The number of hydrogen-bond donors (Lipinski definition) is 1. The van der Waals surface area contributed by atoms with E-state index in [1.54, 1.807) is 0 Å². The topological polar surface area (TPSA) is 48.5 Å². The Labute approximate surface area is 126 Å². The first kappa shape index (κ1) is 14.3. The molecule has 2 saturated heterocycles. The number of carbonyl (C=O) groups is 1. The average Bonchev–Trinajstić information content (AvgIpc) is 3.01. The molecule has 3 rings (SSSR count). The lowest BCUT2D eigenvalue weighted by Gasteiger charge is -2.34. The molecule has 5 nitrogen and oxygen atoms in total. The summed E-state index contributed by atoms with van der Waals surface area (Å²) in [5.41, 5.74) is 0. The van der Waals surface area contributed by atoms with Gasteiger partial charge >= 0.3 is 0 Å². The minimum absolute atomic E-state index is 0.171. The molecule has 2 fully saturated rings. The zero-order chi connectivity index (χ0) is 14.5. The third-order valence-corrected chi connectivity index (χ3v) is 4.33. The van der Waals surface area contributed by atoms with Crippen molar-refractivity contribution in [3.05, 3.63) is 24.4 Å². The highest BCUT2D eigenvalue weighted by Gasteiger charge is 2.23. The van der Waals surface area contributed by atoms with Gasteiger partial charge in [-0.1, -0.05) is 6.07 Å². The smallest absolute Gasteiger partial charge is 0.234 e. The van der Waals surface area contributed by atoms with Gasteiger partial charge in [0.05, 0.1) is 6.54 Å². The van der Waals surface area contributed by atoms with Crippen LogP contribution in [-0.4, -0.2) is 54.6 Å². The molecule has 2 aliphatic rings. The van der Waals surface area contributed by atoms with Crippen LogP contribution < -0.4 is 10.2 Å². The highest BCUT2D eigenvalue weighted by molar-refractivity contribution is 5.78. The fraction of sp³-hybridized carbons (Fsp3) is 0.625. The summed E-state index contributed by atoms with van der Waals surface area (Å²) in [6, 6.07) is 6.23. The van der Waals surface area contributed by atoms with Gasteiger partial charge in [-0.2, -0.15) is 0 Å². The number of carbonyl (C=O) groups excluding carboxylic acids is 1. The summed E-state index contributed by atoms with van der Waals surface area (Å²) < 4.78 is 0. The number of nitrogens with one attached hydrogen (secondary N) is 1. The normalized spacial score (nSPS) is 23.2. The van der Waals surface area contributed by atoms with E-state index in [1.165, 1.54) is 12.8 Å². The fourth-order valence-electron chi connectivity index (χ4n) is 3.26. The second kappa shape index (κ2) is 6.89. The van der Waals surface area contributed by atoms with Gasteiger partial charge in [-0.3, -0.25) is 9.69 Å². The molecule has 1 N–H and O–H groups in total. The van der Waals surface area contributed by atoms with E-state index >= 15 is 0 Å². The SMILES string of the molecule is O=C(CN1CCCC1)NC1CCCN(c2ccccn2)C1. The van der Waals surface area contributed by atoms with Gasteiger partial charge in [-0.25, -0.2) is 4.98 Å². The Morgan fingerprint density at radius 3 is 2.86 bits per heavy atom. The molecule has 1 aromatic heterocycles. The molecule has 1 amide bonds. The van der Waals surface area contributed by atoms with Gasteiger partial charge in [0.25, 0.3) is 0 Å². The number of nitrogens with zero attached hydrogens (tertiary/aromatic N) is 3. The molecule has 1 aromatic rings. The lowest BCUT2D eigenvalue weighted by Crippen LogP contribution is -2.50. The van der Waals surface area contributed by atoms with Crippen LogP contribution in [0.3, 0.4) is 0 Å². The molecule has 0 saturated carbocycles. The summed E-state index contributed by atoms with van der Waals surface area (Å²) in [7, 11) is 0. The van der Waals surface area contributed by atoms with E-state index in [-0.39, 0.29) is 11.9 Å². The molecule has 1 atom stereocenters. The van der Waals surface area contributed by atoms with Gasteiger partial charge in [-0.05, 0) is 50.9 Å². The van der Waals surface area contributed by atoms with E-state index in [9.17, 15) is 4.79 Å². The molecule has 5 heteroatoms. The number of likely N-dealkylation sites (tertiary alicyclic amines) is 1. The molecular weight excluding hydrogens is 264 g/mol. The largest absolute Gasteiger partial charge is 0.355 e. The van der Waals surface area contributed by atoms with E-state index < -0.39 is 0 Å². The van der Waals surface area contributed by atoms with E-state index in [1.807, 2.05) is 24.4 Å². The predicted octanol–water partition coefficient (Wildman–Crippen LogP) is 1.26. The van der Waals surface area contributed by atoms with Crippen LogP contribution in [0.2, 0.25) is 0 Å². The highest BCUT2D eigenvalue weighted by atomic mass is 16.2. The minimum atomic E-state index is 0.171. The first-order valence-corrected chi connectivity index (χ1v) is 7.99. The van der Waals surface area contributed by atoms with Crippen LogP contribution in [-0.2, 0) is 4.79 Å². The van der Waals surface area contributed by atoms with Crippen LogP contribution in [0.1, 0.15) is 25.7 Å². The number of pyridine rings is 1. The molecular formula is C16H24N4O. The van der Waals surface area contributed by atoms with E-state index in [0.717, 1.165) is 44.8 Å². The Morgan fingerprint density at radius 1 is 1.24 bits per heavy atom. The highest BCUT2D eigenvalue weighted by Crippen LogP contribution is 2.17. The molecule has 3 heterocycles. The lowest BCUT2D eigenvalue weighted by molar-refractivity contribution is -0.122. The summed E-state index contributed by atoms with van der Waals surface area (Å²) in [4.78, 5) is 21.0. The summed E-state index contributed by atoms with van der Waals surface area (Å²) in [6.07, 6.45) is 6.44. The molecule has 0 bridgehead atoms. The standard InChI is InChI=1S/C16H24N4O/c21-16(13-19-9-3-4-10-19)18-14-6-5-11-20(12-14)15-7-1-2-8-17-15/h1-2,7-8,14H,3-6,9-13H2,(H,18,21). The van der Waals surface area contributed by atoms with Crippen molar-refractivity contribution in [2.45, 2.75) is 31.7 Å². The van der Waals surface area contributed by atoms with Gasteiger partial charge in [0.15, 0.2) is 0 Å². The first-order valence-electron chi connectivity index (χ1n) is 7.99. The van der Waals surface area contributed by atoms with E-state index in [2.05, 4.69) is 20.1 Å². The third-order valence-electron chi connectivity index (χ3n) is 4.33. The predicted molar refractivity (Wildman–Crippen MR) is 83.3 cm³/mol. The van der Waals surface area contributed by atoms with Crippen LogP contribution in [0, 0.1) is 0 Å². The van der Waals surface area contributed by atoms with Crippen molar-refractivity contribution in [3.63, 3.8) is 0 Å². The van der Waals surface area contributed by atoms with Crippen molar-refractivity contribution in [2.24, 2.45) is 0 Å². The number of piperidine rings is 1. The van der Waals surface area contributed by atoms with Crippen molar-refractivity contribution in [2.75, 3.05) is 37.6 Å². The summed E-state index contributed by atoms with van der Waals surface area (Å²) >= 11 is 0. The van der Waals surface area contributed by atoms with Gasteiger partial charge in [-0.15, -0.1) is 0 Å². The molecule has 0 radical (unpaired) electrons. The minimum Gasteiger partial charge on any atom is -0.355 e. The number of aromatic nitrogens is 1. The second-order valence-electron chi connectivity index (χ2n) is 6.02. The van der Waals surface area contributed by atoms with Crippen LogP contribution >= 0.6 is 0 Å². The molecule has 1 unspecified atom stereocenters. The zero-order valence-electron chi connectivity index (χ0n) is 12.5. The first-order chi connectivity index (χ1) is 10.3.